The van der Waals surface area contributed by atoms with E-state index in [0.717, 1.165) is 34.6 Å². The number of aromatic amines is 1. The number of pyridine rings is 1. The van der Waals surface area contributed by atoms with Gasteiger partial charge in [0.05, 0.1) is 16.3 Å². The number of aromatic nitrogens is 3. The molecular formula is C26H27N5O3S. The number of carbonyl (C=O) groups is 1. The van der Waals surface area contributed by atoms with Gasteiger partial charge in [-0.1, -0.05) is 32.9 Å². The number of nitrogens with zero attached hydrogens (tertiary/aromatic N) is 2. The molecule has 2 amide bonds. The smallest absolute Gasteiger partial charge is 0.323 e. The highest BCUT2D eigenvalue weighted by Gasteiger charge is 2.22. The van der Waals surface area contributed by atoms with Crippen LogP contribution in [0.4, 0.5) is 16.2 Å². The molecular weight excluding hydrogens is 462 g/mol. The van der Waals surface area contributed by atoms with Crippen LogP contribution in [0.1, 0.15) is 26.6 Å². The Kier molecular flexibility index (Phi) is 6.45. The minimum atomic E-state index is -3.30. The molecule has 8 nitrogen and oxygen atoms in total. The number of hydrogen-bond acceptors (Lipinski definition) is 5. The Morgan fingerprint density at radius 2 is 1.54 bits per heavy atom. The molecule has 0 atom stereocenters. The summed E-state index contributed by atoms with van der Waals surface area (Å²) in [7, 11) is -3.30. The second-order valence-corrected chi connectivity index (χ2v) is 11.3. The van der Waals surface area contributed by atoms with Gasteiger partial charge >= 0.3 is 6.03 Å². The molecule has 0 spiro atoms. The average Bonchev–Trinajstić information content (AvgIpc) is 3.26. The normalized spacial score (nSPS) is 11.8. The van der Waals surface area contributed by atoms with Crippen LogP contribution in [0.2, 0.25) is 0 Å². The zero-order valence-corrected chi connectivity index (χ0v) is 20.8. The van der Waals surface area contributed by atoms with Crippen molar-refractivity contribution >= 4 is 27.2 Å². The Morgan fingerprint density at radius 3 is 2.17 bits per heavy atom. The first-order chi connectivity index (χ1) is 16.5. The third kappa shape index (κ3) is 5.75. The molecule has 0 fully saturated rings. The topological polar surface area (TPSA) is 117 Å². The number of urea groups is 1. The summed E-state index contributed by atoms with van der Waals surface area (Å²) < 4.78 is 23.2. The van der Waals surface area contributed by atoms with Crippen molar-refractivity contribution < 1.29 is 13.2 Å². The lowest BCUT2D eigenvalue weighted by atomic mass is 9.96. The Bertz CT molecular complexity index is 1460. The van der Waals surface area contributed by atoms with Crippen molar-refractivity contribution in [2.45, 2.75) is 31.1 Å². The highest BCUT2D eigenvalue weighted by Crippen LogP contribution is 2.34. The number of amides is 2. The van der Waals surface area contributed by atoms with Crippen LogP contribution in [0, 0.1) is 0 Å². The minimum absolute atomic E-state index is 0.178. The maximum absolute atomic E-state index is 12.6. The molecule has 2 aromatic heterocycles. The van der Waals surface area contributed by atoms with E-state index in [0.29, 0.717) is 11.4 Å². The van der Waals surface area contributed by atoms with Crippen LogP contribution in [0.15, 0.2) is 78.0 Å². The van der Waals surface area contributed by atoms with Crippen molar-refractivity contribution in [2.24, 2.45) is 0 Å². The van der Waals surface area contributed by atoms with E-state index in [1.807, 2.05) is 30.3 Å². The van der Waals surface area contributed by atoms with Crippen molar-refractivity contribution in [3.8, 4) is 22.5 Å². The first-order valence-corrected chi connectivity index (χ1v) is 12.9. The molecule has 0 unspecified atom stereocenters. The molecule has 0 aliphatic rings. The van der Waals surface area contributed by atoms with Crippen molar-refractivity contribution in [2.75, 3.05) is 16.9 Å². The molecule has 2 heterocycles. The average molecular weight is 490 g/mol. The summed E-state index contributed by atoms with van der Waals surface area (Å²) in [6.07, 6.45) is 4.61. The summed E-state index contributed by atoms with van der Waals surface area (Å²) >= 11 is 0. The fourth-order valence-corrected chi connectivity index (χ4v) is 4.12. The van der Waals surface area contributed by atoms with E-state index in [1.165, 1.54) is 12.1 Å². The van der Waals surface area contributed by atoms with Gasteiger partial charge < -0.3 is 15.6 Å². The molecule has 0 bridgehead atoms. The maximum Gasteiger partial charge on any atom is 0.323 e. The van der Waals surface area contributed by atoms with E-state index in [9.17, 15) is 13.2 Å². The molecule has 2 aromatic carbocycles. The Labute approximate surface area is 204 Å². The number of rotatable bonds is 5. The number of anilines is 2. The van der Waals surface area contributed by atoms with Crippen LogP contribution in [-0.2, 0) is 15.3 Å². The van der Waals surface area contributed by atoms with Gasteiger partial charge in [0.25, 0.3) is 0 Å². The molecule has 0 saturated carbocycles. The molecule has 180 valence electrons. The Hall–Kier alpha value is -3.98. The zero-order valence-electron chi connectivity index (χ0n) is 20.0. The van der Waals surface area contributed by atoms with Crippen LogP contribution in [0.3, 0.4) is 0 Å². The fourth-order valence-electron chi connectivity index (χ4n) is 3.49. The number of H-pyrrole nitrogens is 1. The first-order valence-electron chi connectivity index (χ1n) is 11.0. The summed E-state index contributed by atoms with van der Waals surface area (Å²) in [6, 6.07) is 16.9. The zero-order chi connectivity index (χ0) is 25.2. The third-order valence-electron chi connectivity index (χ3n) is 5.32. The molecule has 0 radical (unpaired) electrons. The van der Waals surface area contributed by atoms with Crippen LogP contribution in [-0.4, -0.2) is 35.7 Å². The van der Waals surface area contributed by atoms with Crippen molar-refractivity contribution in [3.05, 3.63) is 78.9 Å². The number of benzene rings is 2. The number of nitrogens with one attached hydrogen (secondary N) is 3. The molecule has 35 heavy (non-hydrogen) atoms. The monoisotopic (exact) mass is 489 g/mol. The fraction of sp³-hybridized carbons (Fsp3) is 0.192. The van der Waals surface area contributed by atoms with Crippen molar-refractivity contribution in [3.63, 3.8) is 0 Å². The number of imidazole rings is 1. The molecule has 0 aliphatic heterocycles. The Balaban J connectivity index is 1.59. The van der Waals surface area contributed by atoms with E-state index in [2.05, 4.69) is 41.4 Å². The number of hydrogen-bond donors (Lipinski definition) is 3. The van der Waals surface area contributed by atoms with Crippen LogP contribution in [0.25, 0.3) is 22.5 Å². The molecule has 0 aliphatic carbocycles. The lowest BCUT2D eigenvalue weighted by Gasteiger charge is -2.14. The SMILES string of the molecule is CC(C)(C)c1nc(-c2cccc(NC(=O)Nc3ccc(S(C)(=O)=O)cc3)c2)c(-c2ccncc2)[nH]1. The molecule has 3 N–H and O–H groups in total. The van der Waals surface area contributed by atoms with Gasteiger partial charge in [-0.2, -0.15) is 0 Å². The predicted octanol–water partition coefficient (Wildman–Crippen LogP) is 5.48. The molecule has 9 heteroatoms. The second kappa shape index (κ2) is 9.34. The lowest BCUT2D eigenvalue weighted by Crippen LogP contribution is -2.19. The van der Waals surface area contributed by atoms with Gasteiger partial charge in [0.2, 0.25) is 0 Å². The standard InChI is InChI=1S/C26H27N5O3S/c1-26(2,3)24-30-22(17-12-14-27-15-13-17)23(31-24)18-6-5-7-20(16-18)29-25(32)28-19-8-10-21(11-9-19)35(4,33)34/h5-16H,1-4H3,(H,30,31)(H2,28,29,32). The first kappa shape index (κ1) is 24.2. The van der Waals surface area contributed by atoms with Gasteiger partial charge in [-0.3, -0.25) is 4.98 Å². The van der Waals surface area contributed by atoms with E-state index < -0.39 is 15.9 Å². The van der Waals surface area contributed by atoms with Gasteiger partial charge in [0.15, 0.2) is 9.84 Å². The van der Waals surface area contributed by atoms with E-state index in [1.54, 1.807) is 30.6 Å². The van der Waals surface area contributed by atoms with E-state index >= 15 is 0 Å². The number of carbonyl (C=O) groups excluding carboxylic acids is 1. The summed E-state index contributed by atoms with van der Waals surface area (Å²) in [4.78, 5) is 25.2. The Morgan fingerprint density at radius 1 is 0.886 bits per heavy atom. The van der Waals surface area contributed by atoms with Gasteiger partial charge in [-0.25, -0.2) is 18.2 Å². The van der Waals surface area contributed by atoms with Crippen LogP contribution >= 0.6 is 0 Å². The predicted molar refractivity (Wildman–Crippen MR) is 138 cm³/mol. The highest BCUT2D eigenvalue weighted by molar-refractivity contribution is 7.90. The van der Waals surface area contributed by atoms with Crippen molar-refractivity contribution in [1.82, 2.24) is 15.0 Å². The summed E-state index contributed by atoms with van der Waals surface area (Å²) in [5.74, 6) is 0.855. The quantitative estimate of drug-likeness (QED) is 0.343. The lowest BCUT2D eigenvalue weighted by molar-refractivity contribution is 0.262. The van der Waals surface area contributed by atoms with Crippen LogP contribution in [0.5, 0.6) is 0 Å². The van der Waals surface area contributed by atoms with Gasteiger partial charge in [-0.05, 0) is 48.5 Å². The summed E-state index contributed by atoms with van der Waals surface area (Å²) in [6.45, 7) is 6.28. The van der Waals surface area contributed by atoms with Crippen molar-refractivity contribution in [1.29, 1.82) is 0 Å². The summed E-state index contributed by atoms with van der Waals surface area (Å²) in [5, 5.41) is 5.54. The second-order valence-electron chi connectivity index (χ2n) is 9.25. The molecule has 4 rings (SSSR count). The van der Waals surface area contributed by atoms with Gasteiger partial charge in [0, 0.05) is 46.6 Å². The molecule has 0 saturated heterocycles. The minimum Gasteiger partial charge on any atom is -0.341 e. The van der Waals surface area contributed by atoms with E-state index in [-0.39, 0.29) is 10.3 Å². The third-order valence-corrected chi connectivity index (χ3v) is 6.45. The summed E-state index contributed by atoms with van der Waals surface area (Å²) in [5.41, 5.74) is 4.36. The van der Waals surface area contributed by atoms with E-state index in [4.69, 9.17) is 4.98 Å². The molecule has 4 aromatic rings. The highest BCUT2D eigenvalue weighted by atomic mass is 32.2. The number of sulfone groups is 1. The van der Waals surface area contributed by atoms with Crippen LogP contribution < -0.4 is 10.6 Å². The van der Waals surface area contributed by atoms with Gasteiger partial charge in [0.1, 0.15) is 5.82 Å². The van der Waals surface area contributed by atoms with Gasteiger partial charge in [-0.15, -0.1) is 0 Å². The largest absolute Gasteiger partial charge is 0.341 e. The maximum atomic E-state index is 12.6.